The monoisotopic (exact) mass is 217 g/mol. The minimum Gasteiger partial charge on any atom is -0.319 e. The fourth-order valence-corrected chi connectivity index (χ4v) is 1.24. The van der Waals surface area contributed by atoms with Crippen molar-refractivity contribution in [2.45, 2.75) is 26.7 Å². The number of halogens is 1. The van der Waals surface area contributed by atoms with Gasteiger partial charge in [-0.05, 0) is 24.5 Å². The summed E-state index contributed by atoms with van der Waals surface area (Å²) in [6.45, 7) is 6.18. The van der Waals surface area contributed by atoms with Gasteiger partial charge < -0.3 is 4.89 Å². The predicted molar refractivity (Wildman–Crippen MR) is 58.4 cm³/mol. The summed E-state index contributed by atoms with van der Waals surface area (Å²) in [7, 11) is 0. The van der Waals surface area contributed by atoms with Gasteiger partial charge >= 0.3 is 0 Å². The zero-order valence-electron chi connectivity index (χ0n) is 8.61. The second kappa shape index (κ2) is 5.86. The van der Waals surface area contributed by atoms with Gasteiger partial charge in [-0.15, -0.1) is 12.4 Å². The van der Waals surface area contributed by atoms with Crippen molar-refractivity contribution in [3.63, 3.8) is 0 Å². The average molecular weight is 218 g/mol. The van der Waals surface area contributed by atoms with Gasteiger partial charge in [0.05, 0.1) is 0 Å². The summed E-state index contributed by atoms with van der Waals surface area (Å²) < 4.78 is 0. The Morgan fingerprint density at radius 3 is 2.43 bits per heavy atom. The van der Waals surface area contributed by atoms with E-state index in [1.807, 2.05) is 25.1 Å². The van der Waals surface area contributed by atoms with Gasteiger partial charge in [0.2, 0.25) is 0 Å². The molecule has 0 atom stereocenters. The van der Waals surface area contributed by atoms with Crippen LogP contribution in [-0.2, 0) is 4.99 Å². The van der Waals surface area contributed by atoms with Crippen LogP contribution in [-0.4, -0.2) is 0 Å². The first kappa shape index (κ1) is 13.2. The van der Waals surface area contributed by atoms with Crippen LogP contribution in [0.3, 0.4) is 0 Å². The van der Waals surface area contributed by atoms with Gasteiger partial charge in [-0.2, -0.15) is 5.90 Å². The molecule has 0 aliphatic heterocycles. The summed E-state index contributed by atoms with van der Waals surface area (Å²) in [6.07, 6.45) is 0. The van der Waals surface area contributed by atoms with E-state index < -0.39 is 0 Å². The third-order valence-electron chi connectivity index (χ3n) is 1.93. The molecule has 0 bridgehead atoms. The summed E-state index contributed by atoms with van der Waals surface area (Å²) in [5.41, 5.74) is 2.22. The number of hydrogen-bond donors (Lipinski definition) is 1. The van der Waals surface area contributed by atoms with Crippen molar-refractivity contribution in [1.82, 2.24) is 0 Å². The average Bonchev–Trinajstić information content (AvgIpc) is 2.04. The van der Waals surface area contributed by atoms with Crippen LogP contribution in [0.4, 0.5) is 0 Å². The van der Waals surface area contributed by atoms with Crippen molar-refractivity contribution in [2.75, 3.05) is 0 Å². The van der Waals surface area contributed by atoms with E-state index in [2.05, 4.69) is 18.8 Å². The van der Waals surface area contributed by atoms with Crippen LogP contribution in [0.15, 0.2) is 18.2 Å². The molecule has 0 aromatic heterocycles. The number of rotatable bonds is 3. The molecule has 1 aromatic carbocycles. The standard InChI is InChI=1S/C10H15NO2.ClH/c1-7(2)9-5-4-8(3)6-10(9)12-13-11;/h4-7H,11H2,1-3H3;1H. The third kappa shape index (κ3) is 3.18. The Kier molecular flexibility index (Phi) is 5.53. The van der Waals surface area contributed by atoms with E-state index in [4.69, 9.17) is 10.8 Å². The molecule has 0 spiro atoms. The maximum Gasteiger partial charge on any atom is 0.171 e. The molecule has 0 saturated carbocycles. The Bertz CT molecular complexity index is 289. The Morgan fingerprint density at radius 2 is 1.93 bits per heavy atom. The molecule has 0 radical (unpaired) electrons. The topological polar surface area (TPSA) is 44.5 Å². The van der Waals surface area contributed by atoms with Crippen molar-refractivity contribution >= 4 is 12.4 Å². The van der Waals surface area contributed by atoms with Crippen LogP contribution in [0.25, 0.3) is 0 Å². The lowest BCUT2D eigenvalue weighted by Crippen LogP contribution is -2.06. The van der Waals surface area contributed by atoms with Crippen LogP contribution < -0.4 is 10.8 Å². The minimum atomic E-state index is 0. The van der Waals surface area contributed by atoms with Gasteiger partial charge in [0.15, 0.2) is 5.75 Å². The highest BCUT2D eigenvalue weighted by Gasteiger charge is 2.08. The van der Waals surface area contributed by atoms with Crippen LogP contribution >= 0.6 is 12.4 Å². The van der Waals surface area contributed by atoms with E-state index in [1.54, 1.807) is 0 Å². The molecule has 0 heterocycles. The first-order valence-corrected chi connectivity index (χ1v) is 4.29. The SMILES string of the molecule is Cc1ccc(C(C)C)c(OON)c1.Cl. The molecule has 4 heteroatoms. The molecule has 0 saturated heterocycles. The molecule has 0 unspecified atom stereocenters. The molecular weight excluding hydrogens is 202 g/mol. The molecule has 0 aliphatic rings. The maximum absolute atomic E-state index is 4.86. The van der Waals surface area contributed by atoms with Gasteiger partial charge in [0.1, 0.15) is 0 Å². The van der Waals surface area contributed by atoms with Crippen molar-refractivity contribution in [3.05, 3.63) is 29.3 Å². The van der Waals surface area contributed by atoms with Crippen molar-refractivity contribution in [3.8, 4) is 5.75 Å². The van der Waals surface area contributed by atoms with Crippen LogP contribution in [0.1, 0.15) is 30.9 Å². The molecular formula is C10H16ClNO2. The number of hydrogen-bond acceptors (Lipinski definition) is 3. The lowest BCUT2D eigenvalue weighted by Gasteiger charge is -2.11. The van der Waals surface area contributed by atoms with Crippen molar-refractivity contribution < 1.29 is 9.88 Å². The highest BCUT2D eigenvalue weighted by atomic mass is 35.5. The zero-order chi connectivity index (χ0) is 9.84. The smallest absolute Gasteiger partial charge is 0.171 e. The number of aryl methyl sites for hydroxylation is 1. The van der Waals surface area contributed by atoms with Gasteiger partial charge in [-0.25, -0.2) is 0 Å². The first-order valence-electron chi connectivity index (χ1n) is 4.29. The van der Waals surface area contributed by atoms with Gasteiger partial charge in [0.25, 0.3) is 0 Å². The van der Waals surface area contributed by atoms with Gasteiger partial charge in [-0.3, -0.25) is 0 Å². The Morgan fingerprint density at radius 1 is 1.29 bits per heavy atom. The predicted octanol–water partition coefficient (Wildman–Crippen LogP) is 2.72. The molecule has 1 aromatic rings. The fourth-order valence-electron chi connectivity index (χ4n) is 1.24. The van der Waals surface area contributed by atoms with E-state index in [9.17, 15) is 0 Å². The van der Waals surface area contributed by atoms with E-state index in [0.29, 0.717) is 11.7 Å². The molecule has 3 nitrogen and oxygen atoms in total. The van der Waals surface area contributed by atoms with Crippen LogP contribution in [0, 0.1) is 6.92 Å². The van der Waals surface area contributed by atoms with E-state index in [1.165, 1.54) is 0 Å². The summed E-state index contributed by atoms with van der Waals surface area (Å²) in [5, 5.41) is 0. The molecule has 14 heavy (non-hydrogen) atoms. The summed E-state index contributed by atoms with van der Waals surface area (Å²) in [6, 6.07) is 5.97. The molecule has 1 rings (SSSR count). The van der Waals surface area contributed by atoms with E-state index in [0.717, 1.165) is 11.1 Å². The zero-order valence-corrected chi connectivity index (χ0v) is 9.43. The molecule has 0 amide bonds. The highest BCUT2D eigenvalue weighted by molar-refractivity contribution is 5.85. The van der Waals surface area contributed by atoms with Gasteiger partial charge in [-0.1, -0.05) is 31.0 Å². The molecule has 80 valence electrons. The second-order valence-corrected chi connectivity index (χ2v) is 3.38. The normalized spacial score (nSPS) is 9.79. The van der Waals surface area contributed by atoms with E-state index >= 15 is 0 Å². The minimum absolute atomic E-state index is 0. The fraction of sp³-hybridized carbons (Fsp3) is 0.400. The van der Waals surface area contributed by atoms with E-state index in [-0.39, 0.29) is 12.4 Å². The number of benzene rings is 1. The summed E-state index contributed by atoms with van der Waals surface area (Å²) in [4.78, 5) is 9.03. The van der Waals surface area contributed by atoms with Gasteiger partial charge in [0, 0.05) is 5.56 Å². The van der Waals surface area contributed by atoms with Crippen LogP contribution in [0.2, 0.25) is 0 Å². The first-order chi connectivity index (χ1) is 6.15. The third-order valence-corrected chi connectivity index (χ3v) is 1.93. The summed E-state index contributed by atoms with van der Waals surface area (Å²) in [5.74, 6) is 5.94. The molecule has 0 fully saturated rings. The second-order valence-electron chi connectivity index (χ2n) is 3.38. The lowest BCUT2D eigenvalue weighted by atomic mass is 10.0. The quantitative estimate of drug-likeness (QED) is 0.626. The highest BCUT2D eigenvalue weighted by Crippen LogP contribution is 2.27. The Balaban J connectivity index is 0.00000169. The molecule has 0 aliphatic carbocycles. The van der Waals surface area contributed by atoms with Crippen molar-refractivity contribution in [1.29, 1.82) is 0 Å². The molecule has 2 N–H and O–H groups in total. The Labute approximate surface area is 90.5 Å². The number of nitrogens with two attached hydrogens (primary N) is 1. The largest absolute Gasteiger partial charge is 0.319 e. The lowest BCUT2D eigenvalue weighted by molar-refractivity contribution is -0.212. The van der Waals surface area contributed by atoms with Crippen LogP contribution in [0.5, 0.6) is 5.75 Å². The Hall–Kier alpha value is -0.770. The summed E-state index contributed by atoms with van der Waals surface area (Å²) >= 11 is 0. The van der Waals surface area contributed by atoms with Crippen molar-refractivity contribution in [2.24, 2.45) is 5.90 Å². The maximum atomic E-state index is 4.86.